The van der Waals surface area contributed by atoms with E-state index < -0.39 is 17.6 Å². The van der Waals surface area contributed by atoms with Crippen LogP contribution in [0.3, 0.4) is 0 Å². The molecule has 4 nitrogen and oxygen atoms in total. The minimum Gasteiger partial charge on any atom is -0.491 e. The van der Waals surface area contributed by atoms with Crippen molar-refractivity contribution in [3.8, 4) is 5.75 Å². The number of rotatable bonds is 5. The Bertz CT molecular complexity index is 736. The molecule has 1 heterocycles. The quantitative estimate of drug-likeness (QED) is 0.773. The summed E-state index contributed by atoms with van der Waals surface area (Å²) in [7, 11) is 0. The van der Waals surface area contributed by atoms with E-state index in [0.717, 1.165) is 12.1 Å². The van der Waals surface area contributed by atoms with E-state index in [-0.39, 0.29) is 17.0 Å². The highest BCUT2D eigenvalue weighted by Gasteiger charge is 2.31. The molecule has 128 valence electrons. The number of nitrogens with one attached hydrogen (secondary N) is 1. The standard InChI is InChI=1S/C16H14BrF3N2O2/c1-2-5-24-14-4-3-11(16(18,19)20)7-13(14)22-15(23)10-6-12(17)9-21-8-10/h3-4,6-9H,2,5H2,1H3,(H,22,23). The molecule has 1 amide bonds. The number of halogens is 4. The zero-order valence-electron chi connectivity index (χ0n) is 12.7. The second-order valence-corrected chi connectivity index (χ2v) is 5.82. The summed E-state index contributed by atoms with van der Waals surface area (Å²) in [6.07, 6.45) is -1.01. The normalized spacial score (nSPS) is 11.2. The van der Waals surface area contributed by atoms with Gasteiger partial charge < -0.3 is 10.1 Å². The van der Waals surface area contributed by atoms with Crippen molar-refractivity contribution in [1.29, 1.82) is 0 Å². The van der Waals surface area contributed by atoms with Crippen molar-refractivity contribution in [2.75, 3.05) is 11.9 Å². The van der Waals surface area contributed by atoms with E-state index in [9.17, 15) is 18.0 Å². The van der Waals surface area contributed by atoms with Gasteiger partial charge in [0.2, 0.25) is 0 Å². The number of nitrogens with zero attached hydrogens (tertiary/aromatic N) is 1. The Kier molecular flexibility index (Phi) is 5.82. The molecule has 2 aromatic rings. The van der Waals surface area contributed by atoms with Crippen molar-refractivity contribution >= 4 is 27.5 Å². The van der Waals surface area contributed by atoms with Gasteiger partial charge in [-0.2, -0.15) is 13.2 Å². The minimum atomic E-state index is -4.51. The third-order valence-electron chi connectivity index (χ3n) is 2.98. The van der Waals surface area contributed by atoms with Crippen molar-refractivity contribution in [3.63, 3.8) is 0 Å². The molecule has 2 rings (SSSR count). The number of carbonyl (C=O) groups excluding carboxylic acids is 1. The molecule has 1 aromatic heterocycles. The Hall–Kier alpha value is -2.09. The van der Waals surface area contributed by atoms with E-state index >= 15 is 0 Å². The van der Waals surface area contributed by atoms with Crippen molar-refractivity contribution in [3.05, 3.63) is 52.3 Å². The molecule has 0 unspecified atom stereocenters. The van der Waals surface area contributed by atoms with Gasteiger partial charge in [0.25, 0.3) is 5.91 Å². The summed E-state index contributed by atoms with van der Waals surface area (Å²) in [6.45, 7) is 2.20. The minimum absolute atomic E-state index is 0.0387. The highest BCUT2D eigenvalue weighted by Crippen LogP contribution is 2.35. The summed E-state index contributed by atoms with van der Waals surface area (Å²) < 4.78 is 44.7. The number of amides is 1. The molecule has 0 radical (unpaired) electrons. The Labute approximate surface area is 145 Å². The lowest BCUT2D eigenvalue weighted by molar-refractivity contribution is -0.137. The average molecular weight is 403 g/mol. The van der Waals surface area contributed by atoms with Gasteiger partial charge in [0.05, 0.1) is 23.4 Å². The topological polar surface area (TPSA) is 51.2 Å². The highest BCUT2D eigenvalue weighted by atomic mass is 79.9. The fourth-order valence-corrected chi connectivity index (χ4v) is 2.24. The molecule has 0 saturated heterocycles. The van der Waals surface area contributed by atoms with Crippen LogP contribution in [0, 0.1) is 0 Å². The first kappa shape index (κ1) is 18.3. The van der Waals surface area contributed by atoms with Crippen LogP contribution in [0.25, 0.3) is 0 Å². The average Bonchev–Trinajstić information content (AvgIpc) is 2.52. The van der Waals surface area contributed by atoms with Gasteiger partial charge in [-0.05, 0) is 46.6 Å². The third kappa shape index (κ3) is 4.70. The van der Waals surface area contributed by atoms with Crippen LogP contribution in [0.1, 0.15) is 29.3 Å². The van der Waals surface area contributed by atoms with Crippen LogP contribution in [-0.2, 0) is 6.18 Å². The van der Waals surface area contributed by atoms with Crippen LogP contribution < -0.4 is 10.1 Å². The number of aromatic nitrogens is 1. The van der Waals surface area contributed by atoms with E-state index in [0.29, 0.717) is 17.5 Å². The predicted molar refractivity (Wildman–Crippen MR) is 87.1 cm³/mol. The van der Waals surface area contributed by atoms with Gasteiger partial charge in [0, 0.05) is 16.9 Å². The summed E-state index contributed by atoms with van der Waals surface area (Å²) in [5.74, 6) is -0.398. The van der Waals surface area contributed by atoms with Crippen LogP contribution in [0.2, 0.25) is 0 Å². The molecule has 0 fully saturated rings. The lowest BCUT2D eigenvalue weighted by Gasteiger charge is -2.15. The maximum atomic E-state index is 12.9. The fourth-order valence-electron chi connectivity index (χ4n) is 1.87. The van der Waals surface area contributed by atoms with E-state index in [4.69, 9.17) is 4.74 Å². The molecule has 1 N–H and O–H groups in total. The number of alkyl halides is 3. The Morgan fingerprint density at radius 1 is 1.29 bits per heavy atom. The molecule has 0 aliphatic rings. The zero-order valence-corrected chi connectivity index (χ0v) is 14.2. The van der Waals surface area contributed by atoms with E-state index in [1.54, 1.807) is 0 Å². The number of benzene rings is 1. The van der Waals surface area contributed by atoms with Gasteiger partial charge in [0.1, 0.15) is 5.75 Å². The van der Waals surface area contributed by atoms with Crippen LogP contribution in [0.15, 0.2) is 41.1 Å². The number of ether oxygens (including phenoxy) is 1. The van der Waals surface area contributed by atoms with E-state index in [2.05, 4.69) is 26.2 Å². The summed E-state index contributed by atoms with van der Waals surface area (Å²) in [5.41, 5.74) is -0.694. The van der Waals surface area contributed by atoms with Crippen molar-refractivity contribution < 1.29 is 22.7 Å². The maximum Gasteiger partial charge on any atom is 0.416 e. The summed E-state index contributed by atoms with van der Waals surface area (Å²) in [4.78, 5) is 16.1. The lowest BCUT2D eigenvalue weighted by atomic mass is 10.1. The zero-order chi connectivity index (χ0) is 17.7. The monoisotopic (exact) mass is 402 g/mol. The Morgan fingerprint density at radius 3 is 2.67 bits per heavy atom. The molecule has 8 heteroatoms. The van der Waals surface area contributed by atoms with Crippen LogP contribution >= 0.6 is 15.9 Å². The molecule has 0 bridgehead atoms. The molecular formula is C16H14BrF3N2O2. The number of anilines is 1. The van der Waals surface area contributed by atoms with Crippen LogP contribution in [-0.4, -0.2) is 17.5 Å². The molecule has 0 aliphatic carbocycles. The highest BCUT2D eigenvalue weighted by molar-refractivity contribution is 9.10. The van der Waals surface area contributed by atoms with Gasteiger partial charge in [-0.15, -0.1) is 0 Å². The van der Waals surface area contributed by atoms with Gasteiger partial charge in [-0.3, -0.25) is 9.78 Å². The summed E-state index contributed by atoms with van der Waals surface area (Å²) >= 11 is 3.19. The number of hydrogen-bond donors (Lipinski definition) is 1. The van der Waals surface area contributed by atoms with Gasteiger partial charge in [0.15, 0.2) is 0 Å². The predicted octanol–water partition coefficient (Wildman–Crippen LogP) is 4.90. The van der Waals surface area contributed by atoms with E-state index in [1.165, 1.54) is 24.5 Å². The molecule has 0 aliphatic heterocycles. The SMILES string of the molecule is CCCOc1ccc(C(F)(F)F)cc1NC(=O)c1cncc(Br)c1. The number of pyridine rings is 1. The molecule has 24 heavy (non-hydrogen) atoms. The second-order valence-electron chi connectivity index (χ2n) is 4.90. The van der Waals surface area contributed by atoms with Crippen molar-refractivity contribution in [2.24, 2.45) is 0 Å². The largest absolute Gasteiger partial charge is 0.491 e. The number of carbonyl (C=O) groups is 1. The number of hydrogen-bond acceptors (Lipinski definition) is 3. The molecule has 1 aromatic carbocycles. The smallest absolute Gasteiger partial charge is 0.416 e. The summed E-state index contributed by atoms with van der Waals surface area (Å²) in [5, 5.41) is 2.45. The fraction of sp³-hybridized carbons (Fsp3) is 0.250. The Balaban J connectivity index is 2.33. The first-order valence-electron chi connectivity index (χ1n) is 7.07. The van der Waals surface area contributed by atoms with Gasteiger partial charge in [-0.1, -0.05) is 6.92 Å². The maximum absolute atomic E-state index is 12.9. The molecule has 0 atom stereocenters. The molecule has 0 saturated carbocycles. The lowest BCUT2D eigenvalue weighted by Crippen LogP contribution is -2.15. The van der Waals surface area contributed by atoms with Gasteiger partial charge >= 0.3 is 6.18 Å². The van der Waals surface area contributed by atoms with Crippen molar-refractivity contribution in [1.82, 2.24) is 4.98 Å². The van der Waals surface area contributed by atoms with Crippen LogP contribution in [0.4, 0.5) is 18.9 Å². The van der Waals surface area contributed by atoms with Crippen LogP contribution in [0.5, 0.6) is 5.75 Å². The molecule has 0 spiro atoms. The van der Waals surface area contributed by atoms with Gasteiger partial charge in [-0.25, -0.2) is 0 Å². The second kappa shape index (κ2) is 7.65. The van der Waals surface area contributed by atoms with E-state index in [1.807, 2.05) is 6.92 Å². The summed E-state index contributed by atoms with van der Waals surface area (Å²) in [6, 6.07) is 4.49. The van der Waals surface area contributed by atoms with Crippen molar-refractivity contribution in [2.45, 2.75) is 19.5 Å². The molecular weight excluding hydrogens is 389 g/mol. The first-order valence-corrected chi connectivity index (χ1v) is 7.86. The third-order valence-corrected chi connectivity index (χ3v) is 3.42. The Morgan fingerprint density at radius 2 is 2.04 bits per heavy atom. The first-order chi connectivity index (χ1) is 11.3.